The van der Waals surface area contributed by atoms with Gasteiger partial charge < -0.3 is 20.1 Å². The quantitative estimate of drug-likeness (QED) is 0.252. The van der Waals surface area contributed by atoms with Gasteiger partial charge in [0.05, 0.1) is 23.7 Å². The van der Waals surface area contributed by atoms with Crippen LogP contribution in [0.3, 0.4) is 0 Å². The topological polar surface area (TPSA) is 128 Å². The molecular weight excluding hydrogens is 515 g/mol. The number of nitrogens with zero attached hydrogens (tertiary/aromatic N) is 1. The number of hydrogen-bond acceptors (Lipinski definition) is 7. The lowest BCUT2D eigenvalue weighted by molar-refractivity contribution is -0.237. The zero-order valence-electron chi connectivity index (χ0n) is 22.9. The van der Waals surface area contributed by atoms with Crippen molar-refractivity contribution in [2.24, 2.45) is 33.7 Å². The molecule has 8 nitrogen and oxygen atoms in total. The molecule has 1 aromatic rings. The smallest absolute Gasteiger partial charge is 0.331 e. The van der Waals surface area contributed by atoms with Gasteiger partial charge in [0.15, 0.2) is 0 Å². The Bertz CT molecular complexity index is 1250. The van der Waals surface area contributed by atoms with E-state index in [0.717, 1.165) is 24.8 Å². The van der Waals surface area contributed by atoms with Crippen molar-refractivity contribution in [1.29, 1.82) is 0 Å². The Kier molecular flexibility index (Phi) is 6.71. The van der Waals surface area contributed by atoms with Gasteiger partial charge >= 0.3 is 5.97 Å². The van der Waals surface area contributed by atoms with Crippen LogP contribution in [0.15, 0.2) is 41.0 Å². The van der Waals surface area contributed by atoms with Crippen LogP contribution in [0.2, 0.25) is 0 Å². The molecule has 0 spiro atoms. The fourth-order valence-electron chi connectivity index (χ4n) is 9.41. The van der Waals surface area contributed by atoms with Gasteiger partial charge in [-0.25, -0.2) is 14.6 Å². The average molecular weight is 555 g/mol. The maximum Gasteiger partial charge on any atom is 0.331 e. The summed E-state index contributed by atoms with van der Waals surface area (Å²) >= 11 is 0. The number of aliphatic hydroxyl groups is 3. The first-order valence-corrected chi connectivity index (χ1v) is 14.6. The molecule has 9 heteroatoms. The van der Waals surface area contributed by atoms with Crippen molar-refractivity contribution in [3.8, 4) is 0 Å². The molecule has 6 rings (SSSR count). The number of amides is 1. The Hall–Kier alpha value is -2.62. The van der Waals surface area contributed by atoms with E-state index in [1.165, 1.54) is 12.1 Å². The van der Waals surface area contributed by atoms with Crippen molar-refractivity contribution < 1.29 is 34.0 Å². The van der Waals surface area contributed by atoms with E-state index in [4.69, 9.17) is 4.74 Å². The number of carbonyl (C=O) groups is 2. The molecular formula is C31H39FN2O6. The third kappa shape index (κ3) is 4.15. The van der Waals surface area contributed by atoms with Gasteiger partial charge in [-0.15, -0.1) is 0 Å². The second kappa shape index (κ2) is 9.74. The van der Waals surface area contributed by atoms with E-state index in [1.54, 1.807) is 24.4 Å². The highest BCUT2D eigenvalue weighted by Gasteiger charge is 2.71. The number of hydrazone groups is 1. The first-order chi connectivity index (χ1) is 19.0. The van der Waals surface area contributed by atoms with Crippen LogP contribution in [0.1, 0.15) is 70.3 Å². The van der Waals surface area contributed by atoms with Gasteiger partial charge in [-0.1, -0.05) is 19.1 Å². The number of rotatable bonds is 5. The number of benzene rings is 1. The van der Waals surface area contributed by atoms with Crippen LogP contribution >= 0.6 is 0 Å². The molecule has 8 unspecified atom stereocenters. The molecule has 4 aliphatic carbocycles. The van der Waals surface area contributed by atoms with E-state index >= 15 is 0 Å². The number of cyclic esters (lactones) is 1. The Labute approximate surface area is 233 Å². The highest BCUT2D eigenvalue weighted by molar-refractivity contribution is 5.85. The van der Waals surface area contributed by atoms with Gasteiger partial charge in [0.1, 0.15) is 12.4 Å². The summed E-state index contributed by atoms with van der Waals surface area (Å²) < 4.78 is 18.5. The molecule has 40 heavy (non-hydrogen) atoms. The van der Waals surface area contributed by atoms with Gasteiger partial charge in [0, 0.05) is 29.5 Å². The Morgan fingerprint density at radius 3 is 2.58 bits per heavy atom. The number of ether oxygens (including phenoxy) is 1. The van der Waals surface area contributed by atoms with Gasteiger partial charge in [0.25, 0.3) is 0 Å². The van der Waals surface area contributed by atoms with Crippen molar-refractivity contribution in [2.45, 2.75) is 88.4 Å². The van der Waals surface area contributed by atoms with Crippen LogP contribution in [0, 0.1) is 34.4 Å². The minimum absolute atomic E-state index is 0.0429. The van der Waals surface area contributed by atoms with Gasteiger partial charge in [-0.05, 0) is 92.4 Å². The lowest BCUT2D eigenvalue weighted by Gasteiger charge is -2.65. The molecule has 1 aliphatic heterocycles. The summed E-state index contributed by atoms with van der Waals surface area (Å²) in [5.41, 5.74) is 0.835. The normalized spacial score (nSPS) is 42.5. The van der Waals surface area contributed by atoms with Crippen molar-refractivity contribution in [1.82, 2.24) is 5.43 Å². The summed E-state index contributed by atoms with van der Waals surface area (Å²) in [6.07, 6.45) is 7.91. The molecule has 0 radical (unpaired) electrons. The fourth-order valence-corrected chi connectivity index (χ4v) is 9.41. The van der Waals surface area contributed by atoms with Crippen molar-refractivity contribution >= 4 is 18.1 Å². The van der Waals surface area contributed by atoms with Crippen LogP contribution in [0.5, 0.6) is 0 Å². The maximum atomic E-state index is 13.2. The third-order valence-corrected chi connectivity index (χ3v) is 11.4. The summed E-state index contributed by atoms with van der Waals surface area (Å²) in [4.78, 5) is 24.5. The van der Waals surface area contributed by atoms with E-state index < -0.39 is 28.1 Å². The second-order valence-electron chi connectivity index (χ2n) is 13.1. The van der Waals surface area contributed by atoms with E-state index in [9.17, 15) is 29.3 Å². The van der Waals surface area contributed by atoms with E-state index in [2.05, 4.69) is 17.5 Å². The lowest BCUT2D eigenvalue weighted by atomic mass is 9.41. The van der Waals surface area contributed by atoms with Crippen LogP contribution < -0.4 is 5.43 Å². The number of halogens is 1. The predicted molar refractivity (Wildman–Crippen MR) is 144 cm³/mol. The summed E-state index contributed by atoms with van der Waals surface area (Å²) in [5, 5.41) is 39.5. The van der Waals surface area contributed by atoms with E-state index in [1.807, 2.05) is 0 Å². The van der Waals surface area contributed by atoms with Crippen molar-refractivity contribution in [3.05, 3.63) is 47.3 Å². The second-order valence-corrected chi connectivity index (χ2v) is 13.1. The summed E-state index contributed by atoms with van der Waals surface area (Å²) in [6.45, 7) is 2.43. The van der Waals surface area contributed by atoms with Crippen molar-refractivity contribution in [3.63, 3.8) is 0 Å². The fraction of sp³-hybridized carbons (Fsp3) is 0.645. The molecule has 0 aromatic heterocycles. The summed E-state index contributed by atoms with van der Waals surface area (Å²) in [5.74, 6) is -1.14. The number of esters is 1. The molecule has 0 saturated heterocycles. The first kappa shape index (κ1) is 27.5. The number of aliphatic hydroxyl groups excluding tert-OH is 1. The SMILES string of the molecule is CC12CCC3C(CCC4(O)CC(O)CCC34C=NNC(=O)Cc3ccc(F)cc3)C1(O)CCC2C1=CC(=O)OC1. The molecule has 1 aromatic carbocycles. The van der Waals surface area contributed by atoms with Crippen LogP contribution in [0.25, 0.3) is 0 Å². The molecule has 8 atom stereocenters. The van der Waals surface area contributed by atoms with Crippen molar-refractivity contribution in [2.75, 3.05) is 6.61 Å². The minimum atomic E-state index is -1.20. The van der Waals surface area contributed by atoms with E-state index in [0.29, 0.717) is 37.7 Å². The lowest BCUT2D eigenvalue weighted by Crippen LogP contribution is -2.68. The van der Waals surface area contributed by atoms with Crippen LogP contribution in [-0.4, -0.2) is 57.3 Å². The standard InChI is InChI=1S/C31H39FN2O6/c1-28-10-7-24-25(31(28,39)13-9-23(28)20-15-27(37)40-17-20)8-12-30(38)16-22(35)6-11-29(24,30)18-33-34-26(36)14-19-2-4-21(32)5-3-19/h2-5,15,18,22-25,35,38-39H,6-14,16-17H2,1H3,(H,34,36). The zero-order valence-corrected chi connectivity index (χ0v) is 22.9. The molecule has 4 fully saturated rings. The van der Waals surface area contributed by atoms with Gasteiger partial charge in [-0.3, -0.25) is 4.79 Å². The van der Waals surface area contributed by atoms with Crippen LogP contribution in [-0.2, 0) is 20.7 Å². The zero-order chi connectivity index (χ0) is 28.3. The Morgan fingerprint density at radius 1 is 1.10 bits per heavy atom. The molecule has 1 heterocycles. The predicted octanol–water partition coefficient (Wildman–Crippen LogP) is 3.18. The average Bonchev–Trinajstić information content (AvgIpc) is 3.45. The molecule has 5 aliphatic rings. The number of carbonyl (C=O) groups excluding carboxylic acids is 2. The molecule has 0 bridgehead atoms. The van der Waals surface area contributed by atoms with E-state index in [-0.39, 0.29) is 54.9 Å². The number of fused-ring (bicyclic) bond motifs is 5. The Morgan fingerprint density at radius 2 is 1.85 bits per heavy atom. The molecule has 216 valence electrons. The summed E-state index contributed by atoms with van der Waals surface area (Å²) in [6, 6.07) is 5.73. The number of hydrogen-bond donors (Lipinski definition) is 4. The monoisotopic (exact) mass is 554 g/mol. The first-order valence-electron chi connectivity index (χ1n) is 14.6. The minimum Gasteiger partial charge on any atom is -0.458 e. The highest BCUT2D eigenvalue weighted by Crippen LogP contribution is 2.70. The molecule has 1 amide bonds. The van der Waals surface area contributed by atoms with Gasteiger partial charge in [-0.2, -0.15) is 5.10 Å². The maximum absolute atomic E-state index is 13.2. The highest BCUT2D eigenvalue weighted by atomic mass is 19.1. The molecule has 4 N–H and O–H groups in total. The van der Waals surface area contributed by atoms with Crippen LogP contribution in [0.4, 0.5) is 4.39 Å². The summed E-state index contributed by atoms with van der Waals surface area (Å²) in [7, 11) is 0. The molecule has 4 saturated carbocycles. The Balaban J connectivity index is 1.28. The van der Waals surface area contributed by atoms with Gasteiger partial charge in [0.2, 0.25) is 5.91 Å². The number of nitrogens with one attached hydrogen (secondary N) is 1. The third-order valence-electron chi connectivity index (χ3n) is 11.4. The largest absolute Gasteiger partial charge is 0.458 e.